The highest BCUT2D eigenvalue weighted by Gasteiger charge is 2.30. The van der Waals surface area contributed by atoms with Gasteiger partial charge in [-0.1, -0.05) is 54.6 Å². The van der Waals surface area contributed by atoms with E-state index in [2.05, 4.69) is 6.58 Å². The van der Waals surface area contributed by atoms with Gasteiger partial charge in [0, 0.05) is 37.1 Å². The minimum Gasteiger partial charge on any atom is -0.339 e. The standard InChI is InChI=1S/C36H38F3N3O/c1-23(2)13-15-31(27-9-8-10-29(22-27)36(5,38)39)30-16-14-28(21-24(30)3)35(43)41-19-17-26(18-20-41)34-40-32-11-6-7-12-33(32)42(34)25(4)37/h6-12,14-16,21-22,25-26H,1,13,17-20H2,2-5H3/b31-15-. The predicted octanol–water partition coefficient (Wildman–Crippen LogP) is 9.36. The number of aromatic nitrogens is 2. The van der Waals surface area contributed by atoms with Gasteiger partial charge in [0.2, 0.25) is 0 Å². The molecule has 43 heavy (non-hydrogen) atoms. The third kappa shape index (κ3) is 6.46. The third-order valence-corrected chi connectivity index (χ3v) is 8.22. The van der Waals surface area contributed by atoms with E-state index in [1.807, 2.05) is 73.4 Å². The smallest absolute Gasteiger partial charge is 0.270 e. The fraction of sp³-hybridized carbons (Fsp3) is 0.333. The van der Waals surface area contributed by atoms with Crippen LogP contribution < -0.4 is 0 Å². The van der Waals surface area contributed by atoms with Crippen molar-refractivity contribution in [2.75, 3.05) is 13.1 Å². The van der Waals surface area contributed by atoms with Crippen LogP contribution in [0.2, 0.25) is 0 Å². The van der Waals surface area contributed by atoms with Gasteiger partial charge in [-0.05, 0) is 92.6 Å². The lowest BCUT2D eigenvalue weighted by molar-refractivity contribution is 0.0174. The first-order chi connectivity index (χ1) is 20.4. The van der Waals surface area contributed by atoms with Gasteiger partial charge >= 0.3 is 0 Å². The summed E-state index contributed by atoms with van der Waals surface area (Å²) < 4.78 is 44.6. The maximum Gasteiger partial charge on any atom is 0.270 e. The molecule has 0 spiro atoms. The van der Waals surface area contributed by atoms with Crippen molar-refractivity contribution in [1.29, 1.82) is 0 Å². The molecule has 1 saturated heterocycles. The summed E-state index contributed by atoms with van der Waals surface area (Å²) in [7, 11) is 0. The molecule has 1 fully saturated rings. The highest BCUT2D eigenvalue weighted by Crippen LogP contribution is 2.35. The fourth-order valence-corrected chi connectivity index (χ4v) is 5.97. The number of allylic oxidation sites excluding steroid dienone is 2. The Morgan fingerprint density at radius 1 is 1.07 bits per heavy atom. The number of carbonyl (C=O) groups is 1. The van der Waals surface area contributed by atoms with Crippen molar-refractivity contribution in [3.05, 3.63) is 119 Å². The second kappa shape index (κ2) is 12.2. The molecule has 4 nitrogen and oxygen atoms in total. The van der Waals surface area contributed by atoms with Crippen molar-refractivity contribution in [2.24, 2.45) is 0 Å². The molecule has 2 heterocycles. The van der Waals surface area contributed by atoms with Crippen LogP contribution in [0.4, 0.5) is 13.2 Å². The van der Waals surface area contributed by atoms with Crippen molar-refractivity contribution in [1.82, 2.24) is 14.5 Å². The zero-order valence-corrected chi connectivity index (χ0v) is 25.2. The van der Waals surface area contributed by atoms with Crippen LogP contribution >= 0.6 is 0 Å². The van der Waals surface area contributed by atoms with E-state index in [1.165, 1.54) is 19.1 Å². The van der Waals surface area contributed by atoms with Crippen LogP contribution in [0.3, 0.4) is 0 Å². The molecule has 0 aliphatic carbocycles. The Bertz CT molecular complexity index is 1690. The van der Waals surface area contributed by atoms with Crippen LogP contribution in [0.1, 0.15) is 90.7 Å². The minimum absolute atomic E-state index is 0.0457. The summed E-state index contributed by atoms with van der Waals surface area (Å²) >= 11 is 0. The van der Waals surface area contributed by atoms with Crippen LogP contribution in [0, 0.1) is 6.92 Å². The summed E-state index contributed by atoms with van der Waals surface area (Å²) in [4.78, 5) is 20.2. The van der Waals surface area contributed by atoms with Gasteiger partial charge in [-0.15, -0.1) is 0 Å². The zero-order valence-electron chi connectivity index (χ0n) is 25.2. The molecule has 1 unspecified atom stereocenters. The lowest BCUT2D eigenvalue weighted by Crippen LogP contribution is -2.38. The topological polar surface area (TPSA) is 38.1 Å². The lowest BCUT2D eigenvalue weighted by atomic mass is 9.90. The fourth-order valence-electron chi connectivity index (χ4n) is 5.97. The summed E-state index contributed by atoms with van der Waals surface area (Å²) in [5.41, 5.74) is 6.35. The molecule has 5 rings (SSSR count). The molecule has 7 heteroatoms. The number of likely N-dealkylation sites (tertiary alicyclic amines) is 1. The zero-order chi connectivity index (χ0) is 30.9. The first kappa shape index (κ1) is 30.3. The number of alkyl halides is 3. The Kier molecular flexibility index (Phi) is 8.63. The Labute approximate surface area is 251 Å². The molecule has 3 aromatic carbocycles. The van der Waals surface area contributed by atoms with Gasteiger partial charge in [-0.3, -0.25) is 9.36 Å². The van der Waals surface area contributed by atoms with Crippen molar-refractivity contribution < 1.29 is 18.0 Å². The Morgan fingerprint density at radius 3 is 2.44 bits per heavy atom. The molecular weight excluding hydrogens is 547 g/mol. The van der Waals surface area contributed by atoms with Crippen LogP contribution in [-0.4, -0.2) is 33.4 Å². The third-order valence-electron chi connectivity index (χ3n) is 8.22. The van der Waals surface area contributed by atoms with Crippen LogP contribution in [0.15, 0.2) is 85.0 Å². The van der Waals surface area contributed by atoms with Crippen molar-refractivity contribution >= 4 is 22.5 Å². The molecule has 1 atom stereocenters. The number of piperidine rings is 1. The van der Waals surface area contributed by atoms with E-state index < -0.39 is 12.2 Å². The van der Waals surface area contributed by atoms with Crippen LogP contribution in [0.5, 0.6) is 0 Å². The number of aryl methyl sites for hydroxylation is 1. The highest BCUT2D eigenvalue weighted by atomic mass is 19.3. The second-order valence-corrected chi connectivity index (χ2v) is 11.7. The van der Waals surface area contributed by atoms with Gasteiger partial charge in [0.25, 0.3) is 11.8 Å². The largest absolute Gasteiger partial charge is 0.339 e. The second-order valence-electron chi connectivity index (χ2n) is 11.7. The average molecular weight is 586 g/mol. The molecule has 0 N–H and O–H groups in total. The van der Waals surface area contributed by atoms with E-state index in [0.717, 1.165) is 46.1 Å². The van der Waals surface area contributed by atoms with Gasteiger partial charge in [0.15, 0.2) is 6.30 Å². The predicted molar refractivity (Wildman–Crippen MR) is 167 cm³/mol. The van der Waals surface area contributed by atoms with E-state index in [1.54, 1.807) is 10.6 Å². The number of para-hydroxylation sites is 2. The number of benzene rings is 3. The van der Waals surface area contributed by atoms with E-state index in [0.29, 0.717) is 43.5 Å². The van der Waals surface area contributed by atoms with Crippen LogP contribution in [0.25, 0.3) is 16.6 Å². The number of nitrogens with zero attached hydrogens (tertiary/aromatic N) is 3. The van der Waals surface area contributed by atoms with Gasteiger partial charge in [0.1, 0.15) is 5.82 Å². The van der Waals surface area contributed by atoms with Gasteiger partial charge < -0.3 is 4.90 Å². The number of halogens is 3. The Hall–Kier alpha value is -4.13. The summed E-state index contributed by atoms with van der Waals surface area (Å²) in [6, 6.07) is 19.6. The molecule has 1 aliphatic rings. The number of imidazole rings is 1. The van der Waals surface area contributed by atoms with Crippen molar-refractivity contribution in [3.63, 3.8) is 0 Å². The van der Waals surface area contributed by atoms with Crippen molar-refractivity contribution in [2.45, 2.75) is 65.1 Å². The normalized spacial score (nSPS) is 15.6. The highest BCUT2D eigenvalue weighted by molar-refractivity contribution is 5.95. The molecule has 1 amide bonds. The maximum absolute atomic E-state index is 14.7. The van der Waals surface area contributed by atoms with E-state index in [-0.39, 0.29) is 17.4 Å². The first-order valence-electron chi connectivity index (χ1n) is 14.8. The summed E-state index contributed by atoms with van der Waals surface area (Å²) in [5, 5.41) is 0. The summed E-state index contributed by atoms with van der Waals surface area (Å²) in [5.74, 6) is -2.21. The van der Waals surface area contributed by atoms with Gasteiger partial charge in [-0.2, -0.15) is 0 Å². The number of amides is 1. The molecule has 0 saturated carbocycles. The number of fused-ring (bicyclic) bond motifs is 1. The molecule has 0 bridgehead atoms. The monoisotopic (exact) mass is 585 g/mol. The molecular formula is C36H38F3N3O. The molecule has 1 aliphatic heterocycles. The maximum atomic E-state index is 14.7. The Morgan fingerprint density at radius 2 is 1.79 bits per heavy atom. The number of hydrogen-bond acceptors (Lipinski definition) is 2. The summed E-state index contributed by atoms with van der Waals surface area (Å²) in [6.07, 6.45) is 2.82. The van der Waals surface area contributed by atoms with Crippen LogP contribution in [-0.2, 0) is 5.92 Å². The van der Waals surface area contributed by atoms with E-state index in [9.17, 15) is 18.0 Å². The molecule has 4 aromatic rings. The summed E-state index contributed by atoms with van der Waals surface area (Å²) in [6.45, 7) is 11.4. The number of hydrogen-bond donors (Lipinski definition) is 0. The molecule has 224 valence electrons. The number of carbonyl (C=O) groups excluding carboxylic acids is 1. The Balaban J connectivity index is 1.36. The van der Waals surface area contributed by atoms with Crippen molar-refractivity contribution in [3.8, 4) is 0 Å². The first-order valence-corrected chi connectivity index (χ1v) is 14.8. The molecule has 0 radical (unpaired) electrons. The average Bonchev–Trinajstić information content (AvgIpc) is 3.37. The van der Waals surface area contributed by atoms with Gasteiger partial charge in [-0.25, -0.2) is 18.2 Å². The number of rotatable bonds is 8. The lowest BCUT2D eigenvalue weighted by Gasteiger charge is -2.32. The minimum atomic E-state index is -2.95. The SMILES string of the molecule is C=C(C)C/C=C(/c1cccc(C(C)(F)F)c1)c1ccc(C(=O)N2CCC(c3nc4ccccc4n3C(C)F)CC2)cc1C. The van der Waals surface area contributed by atoms with E-state index in [4.69, 9.17) is 4.98 Å². The quantitative estimate of drug-likeness (QED) is 0.193. The van der Waals surface area contributed by atoms with Gasteiger partial charge in [0.05, 0.1) is 11.0 Å². The molecule has 1 aromatic heterocycles. The van der Waals surface area contributed by atoms with E-state index >= 15 is 0 Å².